The van der Waals surface area contributed by atoms with Gasteiger partial charge in [0.15, 0.2) is 4.90 Å². The Labute approximate surface area is 116 Å². The van der Waals surface area contributed by atoms with E-state index in [0.717, 1.165) is 19.6 Å². The van der Waals surface area contributed by atoms with Crippen LogP contribution in [-0.2, 0) is 24.1 Å². The third-order valence-electron chi connectivity index (χ3n) is 2.71. The Hall–Kier alpha value is -1.45. The maximum absolute atomic E-state index is 12.3. The number of sulfonamides is 1. The molecule has 1 N–H and O–H groups in total. The number of aromatic nitrogens is 2. The second-order valence-corrected chi connectivity index (χ2v) is 7.34. The molecule has 1 rings (SSSR count). The first-order chi connectivity index (χ1) is 8.88. The van der Waals surface area contributed by atoms with E-state index in [2.05, 4.69) is 0 Å². The summed E-state index contributed by atoms with van der Waals surface area (Å²) in [6.45, 7) is 2.73. The minimum Gasteiger partial charge on any atom is -0.389 e. The van der Waals surface area contributed by atoms with Crippen LogP contribution >= 0.6 is 0 Å². The van der Waals surface area contributed by atoms with Gasteiger partial charge in [0.1, 0.15) is 0 Å². The van der Waals surface area contributed by atoms with E-state index >= 15 is 0 Å². The molecule has 8 nitrogen and oxygen atoms in total. The maximum Gasteiger partial charge on any atom is 0.330 e. The zero-order chi connectivity index (χ0) is 15.9. The van der Waals surface area contributed by atoms with Gasteiger partial charge in [0, 0.05) is 33.9 Å². The molecule has 1 aromatic rings. The van der Waals surface area contributed by atoms with E-state index in [1.165, 1.54) is 35.0 Å². The number of rotatable bonds is 4. The van der Waals surface area contributed by atoms with Gasteiger partial charge in [-0.15, -0.1) is 0 Å². The molecule has 1 heterocycles. The van der Waals surface area contributed by atoms with E-state index in [4.69, 9.17) is 0 Å². The van der Waals surface area contributed by atoms with Crippen molar-refractivity contribution in [1.82, 2.24) is 13.4 Å². The van der Waals surface area contributed by atoms with Crippen molar-refractivity contribution in [2.75, 3.05) is 13.6 Å². The molecule has 0 unspecified atom stereocenters. The van der Waals surface area contributed by atoms with Crippen LogP contribution in [0.5, 0.6) is 0 Å². The van der Waals surface area contributed by atoms with Gasteiger partial charge in [0.25, 0.3) is 5.56 Å². The van der Waals surface area contributed by atoms with E-state index in [1.54, 1.807) is 0 Å². The van der Waals surface area contributed by atoms with Gasteiger partial charge >= 0.3 is 5.69 Å². The number of hydrogen-bond donors (Lipinski definition) is 1. The molecule has 0 bridgehead atoms. The van der Waals surface area contributed by atoms with Crippen molar-refractivity contribution < 1.29 is 13.5 Å². The van der Waals surface area contributed by atoms with Crippen molar-refractivity contribution >= 4 is 10.0 Å². The summed E-state index contributed by atoms with van der Waals surface area (Å²) in [4.78, 5) is 23.0. The fourth-order valence-corrected chi connectivity index (χ4v) is 3.22. The van der Waals surface area contributed by atoms with Gasteiger partial charge in [0.05, 0.1) is 5.60 Å². The van der Waals surface area contributed by atoms with Crippen molar-refractivity contribution in [2.24, 2.45) is 14.1 Å². The van der Waals surface area contributed by atoms with Gasteiger partial charge in [0.2, 0.25) is 10.0 Å². The van der Waals surface area contributed by atoms with E-state index in [9.17, 15) is 23.1 Å². The third-order valence-corrected chi connectivity index (χ3v) is 4.50. The van der Waals surface area contributed by atoms with Crippen molar-refractivity contribution in [3.8, 4) is 0 Å². The molecule has 0 aliphatic heterocycles. The smallest absolute Gasteiger partial charge is 0.330 e. The standard InChI is InChI=1S/C11H19N3O5S/c1-11(2,17)7-13(4)20(18,19)8-6-12(3)10(16)14(5)9(8)15/h6,17H,7H2,1-5H3. The average Bonchev–Trinajstić information content (AvgIpc) is 2.28. The lowest BCUT2D eigenvalue weighted by atomic mass is 10.1. The largest absolute Gasteiger partial charge is 0.389 e. The topological polar surface area (TPSA) is 102 Å². The molecule has 0 fully saturated rings. The van der Waals surface area contributed by atoms with Crippen LogP contribution in [0.25, 0.3) is 0 Å². The van der Waals surface area contributed by atoms with Crippen LogP contribution in [0.15, 0.2) is 20.7 Å². The van der Waals surface area contributed by atoms with Gasteiger partial charge in [-0.2, -0.15) is 4.31 Å². The molecular formula is C11H19N3O5S. The molecule has 20 heavy (non-hydrogen) atoms. The zero-order valence-electron chi connectivity index (χ0n) is 12.1. The first-order valence-corrected chi connectivity index (χ1v) is 7.27. The maximum atomic E-state index is 12.3. The second kappa shape index (κ2) is 5.15. The Morgan fingerprint density at radius 3 is 2.25 bits per heavy atom. The predicted molar refractivity (Wildman–Crippen MR) is 73.0 cm³/mol. The molecule has 0 aromatic carbocycles. The fraction of sp³-hybridized carbons (Fsp3) is 0.636. The van der Waals surface area contributed by atoms with E-state index in [0.29, 0.717) is 0 Å². The monoisotopic (exact) mass is 305 g/mol. The SMILES string of the molecule is CN(CC(C)(C)O)S(=O)(=O)c1cn(C)c(=O)n(C)c1=O. The number of aliphatic hydroxyl groups is 1. The molecule has 0 amide bonds. The average molecular weight is 305 g/mol. The second-order valence-electron chi connectivity index (χ2n) is 5.32. The summed E-state index contributed by atoms with van der Waals surface area (Å²) in [6.07, 6.45) is 0.987. The molecule has 1 aromatic heterocycles. The quantitative estimate of drug-likeness (QED) is 0.727. The molecule has 0 radical (unpaired) electrons. The lowest BCUT2D eigenvalue weighted by Crippen LogP contribution is -2.44. The highest BCUT2D eigenvalue weighted by atomic mass is 32.2. The molecule has 0 spiro atoms. The van der Waals surface area contributed by atoms with Crippen LogP contribution in [0.4, 0.5) is 0 Å². The van der Waals surface area contributed by atoms with Crippen molar-refractivity contribution in [3.63, 3.8) is 0 Å². The molecule has 0 saturated heterocycles. The molecule has 114 valence electrons. The first-order valence-electron chi connectivity index (χ1n) is 5.83. The van der Waals surface area contributed by atoms with Crippen LogP contribution in [0.1, 0.15) is 13.8 Å². The minimum atomic E-state index is -4.08. The van der Waals surface area contributed by atoms with Crippen molar-refractivity contribution in [1.29, 1.82) is 0 Å². The van der Waals surface area contributed by atoms with Crippen LogP contribution in [0, 0.1) is 0 Å². The lowest BCUT2D eigenvalue weighted by Gasteiger charge is -2.24. The minimum absolute atomic E-state index is 0.179. The Kier molecular flexibility index (Phi) is 4.28. The highest BCUT2D eigenvalue weighted by Gasteiger charge is 2.29. The van der Waals surface area contributed by atoms with Gasteiger partial charge < -0.3 is 9.67 Å². The summed E-state index contributed by atoms with van der Waals surface area (Å²) >= 11 is 0. The molecule has 9 heteroatoms. The third kappa shape index (κ3) is 3.17. The van der Waals surface area contributed by atoms with Gasteiger partial charge in [-0.1, -0.05) is 0 Å². The number of likely N-dealkylation sites (N-methyl/N-ethyl adjacent to an activating group) is 1. The summed E-state index contributed by atoms with van der Waals surface area (Å²) < 4.78 is 27.3. The van der Waals surface area contributed by atoms with Gasteiger partial charge in [-0.25, -0.2) is 13.2 Å². The van der Waals surface area contributed by atoms with E-state index in [-0.39, 0.29) is 6.54 Å². The summed E-state index contributed by atoms with van der Waals surface area (Å²) in [5.41, 5.74) is -2.75. The molecule has 0 atom stereocenters. The zero-order valence-corrected chi connectivity index (χ0v) is 12.9. The summed E-state index contributed by atoms with van der Waals surface area (Å²) in [5, 5.41) is 9.68. The molecule has 0 aliphatic rings. The Balaban J connectivity index is 3.45. The van der Waals surface area contributed by atoms with Crippen LogP contribution in [-0.4, -0.2) is 46.2 Å². The number of aryl methyl sites for hydroxylation is 1. The van der Waals surface area contributed by atoms with Crippen LogP contribution in [0.3, 0.4) is 0 Å². The summed E-state index contributed by atoms with van der Waals surface area (Å²) in [7, 11) is -0.257. The Bertz CT molecular complexity index is 724. The highest BCUT2D eigenvalue weighted by molar-refractivity contribution is 7.89. The van der Waals surface area contributed by atoms with Crippen molar-refractivity contribution in [2.45, 2.75) is 24.3 Å². The number of hydrogen-bond acceptors (Lipinski definition) is 5. The molecular weight excluding hydrogens is 286 g/mol. The Morgan fingerprint density at radius 1 is 1.30 bits per heavy atom. The van der Waals surface area contributed by atoms with Crippen molar-refractivity contribution in [3.05, 3.63) is 27.0 Å². The molecule has 0 aliphatic carbocycles. The lowest BCUT2D eigenvalue weighted by molar-refractivity contribution is 0.0639. The van der Waals surface area contributed by atoms with E-state index < -0.39 is 31.8 Å². The van der Waals surface area contributed by atoms with Gasteiger partial charge in [-0.05, 0) is 13.8 Å². The normalized spacial score (nSPS) is 12.9. The fourth-order valence-electron chi connectivity index (χ4n) is 1.75. The van der Waals surface area contributed by atoms with Crippen LogP contribution < -0.4 is 11.2 Å². The summed E-state index contributed by atoms with van der Waals surface area (Å²) in [5.74, 6) is 0. The van der Waals surface area contributed by atoms with Crippen LogP contribution in [0.2, 0.25) is 0 Å². The number of nitrogens with zero attached hydrogens (tertiary/aromatic N) is 3. The van der Waals surface area contributed by atoms with E-state index in [1.807, 2.05) is 0 Å². The predicted octanol–water partition coefficient (Wildman–Crippen LogP) is -1.52. The Morgan fingerprint density at radius 2 is 1.80 bits per heavy atom. The summed E-state index contributed by atoms with van der Waals surface area (Å²) in [6, 6.07) is 0. The first kappa shape index (κ1) is 16.6. The molecule has 0 saturated carbocycles. The van der Waals surface area contributed by atoms with Gasteiger partial charge in [-0.3, -0.25) is 9.36 Å². The highest BCUT2D eigenvalue weighted by Crippen LogP contribution is 2.12.